The maximum Gasteiger partial charge on any atom is 0.329 e. The number of hydrazone groups is 1. The smallest absolute Gasteiger partial charge is 0.329 e. The zero-order valence-corrected chi connectivity index (χ0v) is 16.2. The van der Waals surface area contributed by atoms with Crippen molar-refractivity contribution in [1.82, 2.24) is 15.3 Å². The van der Waals surface area contributed by atoms with E-state index in [1.807, 2.05) is 19.9 Å². The van der Waals surface area contributed by atoms with E-state index >= 15 is 0 Å². The summed E-state index contributed by atoms with van der Waals surface area (Å²) in [5.74, 6) is -1.48. The van der Waals surface area contributed by atoms with E-state index in [1.165, 1.54) is 11.1 Å². The van der Waals surface area contributed by atoms with Crippen LogP contribution in [0.4, 0.5) is 0 Å². The Labute approximate surface area is 154 Å². The maximum absolute atomic E-state index is 11.7. The molecule has 0 saturated heterocycles. The van der Waals surface area contributed by atoms with Crippen molar-refractivity contribution in [2.45, 2.75) is 47.6 Å². The van der Waals surface area contributed by atoms with Crippen LogP contribution in [0.1, 0.15) is 41.9 Å². The monoisotopic (exact) mass is 354 g/mol. The van der Waals surface area contributed by atoms with Gasteiger partial charge in [0, 0.05) is 28.7 Å². The van der Waals surface area contributed by atoms with Crippen LogP contribution in [0.15, 0.2) is 29.4 Å². The Morgan fingerprint density at radius 3 is 2.19 bits per heavy atom. The fourth-order valence-electron chi connectivity index (χ4n) is 2.93. The van der Waals surface area contributed by atoms with Gasteiger partial charge in [-0.1, -0.05) is 6.07 Å². The number of nitrogens with zero attached hydrogens (tertiary/aromatic N) is 2. The molecule has 0 aliphatic heterocycles. The SMILES string of the molecule is Cc1cc(C)cc(-n2c(C)cc(/C=N\NC(=O)C(=O)NC(C)C)c2C)c1. The van der Waals surface area contributed by atoms with Gasteiger partial charge in [0.2, 0.25) is 0 Å². The summed E-state index contributed by atoms with van der Waals surface area (Å²) in [6, 6.07) is 8.29. The lowest BCUT2D eigenvalue weighted by Gasteiger charge is -2.11. The Bertz CT molecular complexity index is 843. The number of carbonyl (C=O) groups is 2. The zero-order chi connectivity index (χ0) is 19.4. The number of hydrogen-bond donors (Lipinski definition) is 2. The van der Waals surface area contributed by atoms with Gasteiger partial charge < -0.3 is 9.88 Å². The molecule has 0 aliphatic rings. The molecule has 0 spiro atoms. The van der Waals surface area contributed by atoms with Gasteiger partial charge in [0.15, 0.2) is 0 Å². The highest BCUT2D eigenvalue weighted by Crippen LogP contribution is 2.21. The maximum atomic E-state index is 11.7. The third-order valence-corrected chi connectivity index (χ3v) is 3.93. The van der Waals surface area contributed by atoms with Crippen LogP contribution in [-0.4, -0.2) is 28.6 Å². The summed E-state index contributed by atoms with van der Waals surface area (Å²) in [6.07, 6.45) is 1.56. The zero-order valence-electron chi connectivity index (χ0n) is 16.2. The van der Waals surface area contributed by atoms with Crippen LogP contribution in [0.3, 0.4) is 0 Å². The average molecular weight is 354 g/mol. The minimum atomic E-state index is -0.780. The Kier molecular flexibility index (Phi) is 5.97. The second-order valence-corrected chi connectivity index (χ2v) is 6.84. The van der Waals surface area contributed by atoms with Gasteiger partial charge in [-0.3, -0.25) is 9.59 Å². The Hall–Kier alpha value is -2.89. The molecule has 1 aromatic carbocycles. The molecule has 1 aromatic heterocycles. The number of amides is 2. The largest absolute Gasteiger partial charge is 0.346 e. The molecule has 2 amide bonds. The van der Waals surface area contributed by atoms with Crippen LogP contribution in [-0.2, 0) is 9.59 Å². The van der Waals surface area contributed by atoms with Gasteiger partial charge in [0.05, 0.1) is 6.21 Å². The number of benzene rings is 1. The predicted molar refractivity (Wildman–Crippen MR) is 104 cm³/mol. The summed E-state index contributed by atoms with van der Waals surface area (Å²) in [7, 11) is 0. The molecule has 138 valence electrons. The van der Waals surface area contributed by atoms with Crippen molar-refractivity contribution in [2.75, 3.05) is 0 Å². The molecule has 0 fully saturated rings. The first kappa shape index (κ1) is 19.4. The van der Waals surface area contributed by atoms with Gasteiger partial charge in [0.25, 0.3) is 0 Å². The number of aromatic nitrogens is 1. The highest BCUT2D eigenvalue weighted by Gasteiger charge is 2.14. The fourth-order valence-corrected chi connectivity index (χ4v) is 2.93. The Morgan fingerprint density at radius 1 is 1.00 bits per heavy atom. The molecule has 6 nitrogen and oxygen atoms in total. The van der Waals surface area contributed by atoms with E-state index in [-0.39, 0.29) is 6.04 Å². The first-order valence-electron chi connectivity index (χ1n) is 8.60. The average Bonchev–Trinajstić information content (AvgIpc) is 2.79. The normalized spacial score (nSPS) is 11.2. The summed E-state index contributed by atoms with van der Waals surface area (Å²) in [4.78, 5) is 23.2. The summed E-state index contributed by atoms with van der Waals surface area (Å²) >= 11 is 0. The summed E-state index contributed by atoms with van der Waals surface area (Å²) in [5, 5.41) is 6.43. The second-order valence-electron chi connectivity index (χ2n) is 6.84. The number of carbonyl (C=O) groups excluding carboxylic acids is 2. The Balaban J connectivity index is 2.20. The number of aryl methyl sites for hydroxylation is 3. The second kappa shape index (κ2) is 7.99. The van der Waals surface area contributed by atoms with Crippen LogP contribution in [0.5, 0.6) is 0 Å². The van der Waals surface area contributed by atoms with E-state index in [9.17, 15) is 9.59 Å². The van der Waals surface area contributed by atoms with Gasteiger partial charge in [-0.25, -0.2) is 5.43 Å². The molecule has 0 atom stereocenters. The number of nitrogens with one attached hydrogen (secondary N) is 2. The van der Waals surface area contributed by atoms with E-state index < -0.39 is 11.8 Å². The first-order chi connectivity index (χ1) is 12.2. The minimum Gasteiger partial charge on any atom is -0.346 e. The molecular weight excluding hydrogens is 328 g/mol. The lowest BCUT2D eigenvalue weighted by molar-refractivity contribution is -0.139. The third kappa shape index (κ3) is 4.59. The van der Waals surface area contributed by atoms with E-state index in [1.54, 1.807) is 20.1 Å². The van der Waals surface area contributed by atoms with Gasteiger partial charge in [-0.15, -0.1) is 0 Å². The van der Waals surface area contributed by atoms with Crippen molar-refractivity contribution in [2.24, 2.45) is 5.10 Å². The van der Waals surface area contributed by atoms with Crippen LogP contribution >= 0.6 is 0 Å². The van der Waals surface area contributed by atoms with Crippen molar-refractivity contribution in [3.05, 3.63) is 52.3 Å². The standard InChI is InChI=1S/C20H26N4O2/c1-12(2)22-19(25)20(26)23-21-11-17-10-15(5)24(16(17)6)18-8-13(3)7-14(4)9-18/h7-12H,1-6H3,(H,22,25)(H,23,26)/b21-11-. The molecule has 0 saturated carbocycles. The van der Waals surface area contributed by atoms with Crippen LogP contribution in [0, 0.1) is 27.7 Å². The molecule has 26 heavy (non-hydrogen) atoms. The van der Waals surface area contributed by atoms with Gasteiger partial charge >= 0.3 is 11.8 Å². The van der Waals surface area contributed by atoms with Crippen LogP contribution < -0.4 is 10.7 Å². The highest BCUT2D eigenvalue weighted by atomic mass is 16.2. The molecule has 0 unspecified atom stereocenters. The quantitative estimate of drug-likeness (QED) is 0.503. The summed E-state index contributed by atoms with van der Waals surface area (Å²) in [5.41, 5.74) is 8.71. The topological polar surface area (TPSA) is 75.5 Å². The lowest BCUT2D eigenvalue weighted by atomic mass is 10.1. The lowest BCUT2D eigenvalue weighted by Crippen LogP contribution is -2.41. The van der Waals surface area contributed by atoms with Crippen LogP contribution in [0.2, 0.25) is 0 Å². The molecular formula is C20H26N4O2. The van der Waals surface area contributed by atoms with Crippen molar-refractivity contribution in [3.8, 4) is 5.69 Å². The molecule has 0 aliphatic carbocycles. The molecule has 2 N–H and O–H groups in total. The van der Waals surface area contributed by atoms with E-state index in [0.29, 0.717) is 0 Å². The molecule has 1 heterocycles. The van der Waals surface area contributed by atoms with Crippen molar-refractivity contribution in [1.29, 1.82) is 0 Å². The van der Waals surface area contributed by atoms with Crippen LogP contribution in [0.25, 0.3) is 5.69 Å². The Morgan fingerprint density at radius 2 is 1.62 bits per heavy atom. The first-order valence-corrected chi connectivity index (χ1v) is 8.60. The van der Waals surface area contributed by atoms with E-state index in [0.717, 1.165) is 22.6 Å². The highest BCUT2D eigenvalue weighted by molar-refractivity contribution is 6.35. The number of rotatable bonds is 4. The van der Waals surface area contributed by atoms with E-state index in [2.05, 4.69) is 52.5 Å². The van der Waals surface area contributed by atoms with Gasteiger partial charge in [-0.2, -0.15) is 5.10 Å². The van der Waals surface area contributed by atoms with Crippen molar-refractivity contribution < 1.29 is 9.59 Å². The molecule has 2 rings (SSSR count). The number of hydrogen-bond acceptors (Lipinski definition) is 3. The molecule has 0 bridgehead atoms. The van der Waals surface area contributed by atoms with Gasteiger partial charge in [0.1, 0.15) is 0 Å². The van der Waals surface area contributed by atoms with E-state index in [4.69, 9.17) is 0 Å². The van der Waals surface area contributed by atoms with Gasteiger partial charge in [-0.05, 0) is 70.9 Å². The van der Waals surface area contributed by atoms with Crippen molar-refractivity contribution >= 4 is 18.0 Å². The minimum absolute atomic E-state index is 0.103. The molecule has 6 heteroatoms. The van der Waals surface area contributed by atoms with Crippen molar-refractivity contribution in [3.63, 3.8) is 0 Å². The molecule has 2 aromatic rings. The summed E-state index contributed by atoms with van der Waals surface area (Å²) < 4.78 is 2.15. The summed E-state index contributed by atoms with van der Waals surface area (Å²) in [6.45, 7) is 11.7. The molecule has 0 radical (unpaired) electrons. The predicted octanol–water partition coefficient (Wildman–Crippen LogP) is 2.69. The fraction of sp³-hybridized carbons (Fsp3) is 0.350. The third-order valence-electron chi connectivity index (χ3n) is 3.93.